The summed E-state index contributed by atoms with van der Waals surface area (Å²) in [5, 5.41) is 0. The van der Waals surface area contributed by atoms with Gasteiger partial charge in [0, 0.05) is 32.7 Å². The third kappa shape index (κ3) is 5.55. The van der Waals surface area contributed by atoms with E-state index in [0.717, 1.165) is 57.3 Å². The highest BCUT2D eigenvalue weighted by atomic mass is 32.2. The lowest BCUT2D eigenvalue weighted by Crippen LogP contribution is -2.43. The van der Waals surface area contributed by atoms with Gasteiger partial charge in [0.25, 0.3) is 0 Å². The van der Waals surface area contributed by atoms with Crippen molar-refractivity contribution in [1.82, 2.24) is 9.21 Å². The Hall–Kier alpha value is -1.73. The van der Waals surface area contributed by atoms with Crippen molar-refractivity contribution in [3.63, 3.8) is 0 Å². The van der Waals surface area contributed by atoms with Crippen molar-refractivity contribution in [2.45, 2.75) is 62.7 Å². The van der Waals surface area contributed by atoms with Crippen LogP contribution in [0.1, 0.15) is 43.7 Å². The van der Waals surface area contributed by atoms with Crippen molar-refractivity contribution >= 4 is 10.0 Å². The standard InChI is InChI=1S/C25H34N2O3S/c1-2-22-10-6-7-11-25(22)31(28,29)27-18-14-24(15-19-27)30-23-12-16-26(17-13-23)20-21-8-4-3-5-9-21/h3-11,23-24H,2,12-20H2,1H3. The van der Waals surface area contributed by atoms with Gasteiger partial charge in [-0.15, -0.1) is 0 Å². The van der Waals surface area contributed by atoms with Crippen LogP contribution in [0.5, 0.6) is 0 Å². The Morgan fingerprint density at radius 2 is 1.42 bits per heavy atom. The van der Waals surface area contributed by atoms with Gasteiger partial charge in [0.2, 0.25) is 10.0 Å². The first-order valence-corrected chi connectivity index (χ1v) is 13.0. The Balaban J connectivity index is 1.24. The number of rotatable bonds is 7. The van der Waals surface area contributed by atoms with Gasteiger partial charge in [-0.1, -0.05) is 55.5 Å². The van der Waals surface area contributed by atoms with Gasteiger partial charge in [-0.3, -0.25) is 4.90 Å². The van der Waals surface area contributed by atoms with Gasteiger partial charge in [0.15, 0.2) is 0 Å². The molecule has 2 aliphatic heterocycles. The second-order valence-electron chi connectivity index (χ2n) is 8.66. The zero-order valence-corrected chi connectivity index (χ0v) is 19.3. The summed E-state index contributed by atoms with van der Waals surface area (Å²) in [6, 6.07) is 18.0. The number of ether oxygens (including phenoxy) is 1. The minimum absolute atomic E-state index is 0.165. The van der Waals surface area contributed by atoms with Crippen molar-refractivity contribution in [2.24, 2.45) is 0 Å². The SMILES string of the molecule is CCc1ccccc1S(=O)(=O)N1CCC(OC2CCN(Cc3ccccc3)CC2)CC1. The molecule has 0 unspecified atom stereocenters. The number of nitrogens with zero attached hydrogens (tertiary/aromatic N) is 2. The maximum absolute atomic E-state index is 13.1. The number of hydrogen-bond donors (Lipinski definition) is 0. The lowest BCUT2D eigenvalue weighted by atomic mass is 10.0. The first-order chi connectivity index (χ1) is 15.1. The molecule has 2 aromatic rings. The number of aryl methyl sites for hydroxylation is 1. The predicted molar refractivity (Wildman–Crippen MR) is 123 cm³/mol. The summed E-state index contributed by atoms with van der Waals surface area (Å²) >= 11 is 0. The van der Waals surface area contributed by atoms with E-state index < -0.39 is 10.0 Å². The molecule has 2 fully saturated rings. The molecule has 0 amide bonds. The molecule has 2 saturated heterocycles. The average molecular weight is 443 g/mol. The smallest absolute Gasteiger partial charge is 0.243 e. The molecule has 31 heavy (non-hydrogen) atoms. The second-order valence-corrected chi connectivity index (χ2v) is 10.6. The van der Waals surface area contributed by atoms with Gasteiger partial charge in [0.1, 0.15) is 0 Å². The van der Waals surface area contributed by atoms with E-state index in [1.165, 1.54) is 5.56 Å². The topological polar surface area (TPSA) is 49.9 Å². The van der Waals surface area contributed by atoms with E-state index >= 15 is 0 Å². The van der Waals surface area contributed by atoms with Crippen LogP contribution in [0.15, 0.2) is 59.5 Å². The lowest BCUT2D eigenvalue weighted by molar-refractivity contribution is -0.0595. The van der Waals surface area contributed by atoms with Gasteiger partial charge in [-0.2, -0.15) is 4.31 Å². The summed E-state index contributed by atoms with van der Waals surface area (Å²) in [5.41, 5.74) is 2.25. The van der Waals surface area contributed by atoms with E-state index in [1.807, 2.05) is 25.1 Å². The van der Waals surface area contributed by atoms with Crippen LogP contribution in [0, 0.1) is 0 Å². The molecule has 0 saturated carbocycles. The lowest BCUT2D eigenvalue weighted by Gasteiger charge is -2.37. The maximum Gasteiger partial charge on any atom is 0.243 e. The van der Waals surface area contributed by atoms with E-state index in [2.05, 4.69) is 35.2 Å². The summed E-state index contributed by atoms with van der Waals surface area (Å²) in [4.78, 5) is 2.96. The molecule has 0 N–H and O–H groups in total. The van der Waals surface area contributed by atoms with Gasteiger partial charge in [0.05, 0.1) is 17.1 Å². The van der Waals surface area contributed by atoms with Crippen LogP contribution in [0.3, 0.4) is 0 Å². The molecule has 5 nitrogen and oxygen atoms in total. The normalized spacial score (nSPS) is 20.2. The van der Waals surface area contributed by atoms with Gasteiger partial charge < -0.3 is 4.74 Å². The maximum atomic E-state index is 13.1. The van der Waals surface area contributed by atoms with Crippen molar-refractivity contribution < 1.29 is 13.2 Å². The van der Waals surface area contributed by atoms with Gasteiger partial charge in [-0.25, -0.2) is 8.42 Å². The molecule has 0 atom stereocenters. The fourth-order valence-corrected chi connectivity index (χ4v) is 6.48. The minimum Gasteiger partial charge on any atom is -0.375 e. The molecular formula is C25H34N2O3S. The van der Waals surface area contributed by atoms with Crippen LogP contribution in [-0.4, -0.2) is 56.0 Å². The Bertz CT molecular complexity index is 932. The summed E-state index contributed by atoms with van der Waals surface area (Å²) in [7, 11) is -3.43. The average Bonchev–Trinajstić information content (AvgIpc) is 2.81. The highest BCUT2D eigenvalue weighted by Crippen LogP contribution is 2.27. The first kappa shape index (κ1) is 22.5. The monoisotopic (exact) mass is 442 g/mol. The third-order valence-corrected chi connectivity index (χ3v) is 8.54. The number of likely N-dealkylation sites (tertiary alicyclic amines) is 1. The van der Waals surface area contributed by atoms with Crippen LogP contribution in [-0.2, 0) is 27.7 Å². The van der Waals surface area contributed by atoms with E-state index in [-0.39, 0.29) is 6.10 Å². The van der Waals surface area contributed by atoms with Crippen LogP contribution in [0.2, 0.25) is 0 Å². The Labute approximate surface area is 187 Å². The second kappa shape index (κ2) is 10.3. The molecule has 0 bridgehead atoms. The highest BCUT2D eigenvalue weighted by molar-refractivity contribution is 7.89. The molecule has 0 radical (unpaired) electrons. The molecule has 2 heterocycles. The fourth-order valence-electron chi connectivity index (χ4n) is 4.71. The van der Waals surface area contributed by atoms with E-state index in [9.17, 15) is 8.42 Å². The molecule has 2 aromatic carbocycles. The molecule has 2 aliphatic rings. The quantitative estimate of drug-likeness (QED) is 0.648. The summed E-state index contributed by atoms with van der Waals surface area (Å²) < 4.78 is 34.3. The molecule has 168 valence electrons. The van der Waals surface area contributed by atoms with Crippen molar-refractivity contribution in [2.75, 3.05) is 26.2 Å². The van der Waals surface area contributed by atoms with Crippen LogP contribution < -0.4 is 0 Å². The molecule has 0 aliphatic carbocycles. The molecule has 4 rings (SSSR count). The Morgan fingerprint density at radius 3 is 2.06 bits per heavy atom. The predicted octanol–water partition coefficient (Wildman–Crippen LogP) is 4.08. The minimum atomic E-state index is -3.43. The molecule has 0 spiro atoms. The van der Waals surface area contributed by atoms with Gasteiger partial charge >= 0.3 is 0 Å². The molecular weight excluding hydrogens is 408 g/mol. The van der Waals surface area contributed by atoms with E-state index in [0.29, 0.717) is 24.1 Å². The number of hydrogen-bond acceptors (Lipinski definition) is 4. The number of benzene rings is 2. The van der Waals surface area contributed by atoms with E-state index in [1.54, 1.807) is 10.4 Å². The van der Waals surface area contributed by atoms with Crippen LogP contribution in [0.4, 0.5) is 0 Å². The highest BCUT2D eigenvalue weighted by Gasteiger charge is 2.32. The van der Waals surface area contributed by atoms with Crippen molar-refractivity contribution in [1.29, 1.82) is 0 Å². The number of piperidine rings is 2. The zero-order valence-electron chi connectivity index (χ0n) is 18.4. The van der Waals surface area contributed by atoms with Crippen molar-refractivity contribution in [3.8, 4) is 0 Å². The third-order valence-electron chi connectivity index (χ3n) is 6.54. The summed E-state index contributed by atoms with van der Waals surface area (Å²) in [6.07, 6.45) is 4.83. The summed E-state index contributed by atoms with van der Waals surface area (Å²) in [6.45, 7) is 6.19. The van der Waals surface area contributed by atoms with Crippen molar-refractivity contribution in [3.05, 3.63) is 65.7 Å². The number of sulfonamides is 1. The molecule has 0 aromatic heterocycles. The largest absolute Gasteiger partial charge is 0.375 e. The first-order valence-electron chi connectivity index (χ1n) is 11.6. The van der Waals surface area contributed by atoms with Crippen LogP contribution in [0.25, 0.3) is 0 Å². The van der Waals surface area contributed by atoms with E-state index in [4.69, 9.17) is 4.74 Å². The summed E-state index contributed by atoms with van der Waals surface area (Å²) in [5.74, 6) is 0. The Kier molecular flexibility index (Phi) is 7.43. The zero-order chi connectivity index (χ0) is 21.7. The Morgan fingerprint density at radius 1 is 0.839 bits per heavy atom. The fraction of sp³-hybridized carbons (Fsp3) is 0.520. The molecule has 6 heteroatoms. The van der Waals surface area contributed by atoms with Gasteiger partial charge in [-0.05, 0) is 49.3 Å². The van der Waals surface area contributed by atoms with Crippen LogP contribution >= 0.6 is 0 Å².